The van der Waals surface area contributed by atoms with Gasteiger partial charge in [-0.3, -0.25) is 24.0 Å². The first-order valence-corrected chi connectivity index (χ1v) is 8.21. The van der Waals surface area contributed by atoms with E-state index in [1.165, 1.54) is 0 Å². The minimum absolute atomic E-state index is 0.425. The Labute approximate surface area is 160 Å². The number of primary amides is 1. The number of carbonyl (C=O) groups excluding carboxylic acids is 4. The molecule has 0 saturated heterocycles. The average molecular weight is 403 g/mol. The van der Waals surface area contributed by atoms with Crippen molar-refractivity contribution in [2.45, 2.75) is 44.8 Å². The van der Waals surface area contributed by atoms with E-state index in [2.05, 4.69) is 10.6 Å². The lowest BCUT2D eigenvalue weighted by Gasteiger charge is -2.23. The maximum atomic E-state index is 12.2. The second-order valence-corrected chi connectivity index (χ2v) is 6.28. The molecule has 4 amide bonds. The third-order valence-corrected chi connectivity index (χ3v) is 3.44. The Morgan fingerprint density at radius 1 is 0.929 bits per heavy atom. The molecule has 3 unspecified atom stereocenters. The first-order valence-electron chi connectivity index (χ1n) is 8.21. The van der Waals surface area contributed by atoms with Gasteiger partial charge in [0.15, 0.2) is 0 Å². The number of carboxylic acid groups (broad SMARTS) is 2. The zero-order valence-corrected chi connectivity index (χ0v) is 15.4. The van der Waals surface area contributed by atoms with E-state index in [1.54, 1.807) is 13.8 Å². The molecule has 0 aliphatic carbocycles. The van der Waals surface area contributed by atoms with Crippen LogP contribution in [-0.4, -0.2) is 70.5 Å². The molecule has 0 bridgehead atoms. The van der Waals surface area contributed by atoms with Crippen molar-refractivity contribution in [3.63, 3.8) is 0 Å². The number of amides is 4. The highest BCUT2D eigenvalue weighted by atomic mass is 16.4. The maximum Gasteiger partial charge on any atom is 0.326 e. The fourth-order valence-electron chi connectivity index (χ4n) is 2.00. The zero-order valence-electron chi connectivity index (χ0n) is 15.4. The molecule has 0 aromatic rings. The number of nitrogens with two attached hydrogens (primary N) is 2. The monoisotopic (exact) mass is 403 g/mol. The van der Waals surface area contributed by atoms with Crippen LogP contribution in [0.2, 0.25) is 0 Å². The zero-order chi connectivity index (χ0) is 22.0. The summed E-state index contributed by atoms with van der Waals surface area (Å²) in [5.41, 5.74) is 10.3. The lowest BCUT2D eigenvalue weighted by molar-refractivity contribution is -0.143. The first kappa shape index (κ1) is 24.8. The van der Waals surface area contributed by atoms with E-state index in [0.717, 1.165) is 0 Å². The van der Waals surface area contributed by atoms with Crippen molar-refractivity contribution in [3.05, 3.63) is 0 Å². The van der Waals surface area contributed by atoms with Gasteiger partial charge in [-0.15, -0.1) is 0 Å². The van der Waals surface area contributed by atoms with Gasteiger partial charge >= 0.3 is 11.9 Å². The van der Waals surface area contributed by atoms with E-state index in [1.807, 2.05) is 5.32 Å². The normalized spacial score (nSPS) is 13.7. The molecule has 0 rings (SSSR count). The van der Waals surface area contributed by atoms with Gasteiger partial charge in [-0.05, 0) is 5.92 Å². The van der Waals surface area contributed by atoms with Crippen molar-refractivity contribution >= 4 is 35.6 Å². The van der Waals surface area contributed by atoms with Crippen LogP contribution in [0, 0.1) is 5.92 Å². The summed E-state index contributed by atoms with van der Waals surface area (Å²) in [6, 6.07) is -4.02. The van der Waals surface area contributed by atoms with Crippen LogP contribution in [0.25, 0.3) is 0 Å². The summed E-state index contributed by atoms with van der Waals surface area (Å²) in [7, 11) is 0. The summed E-state index contributed by atoms with van der Waals surface area (Å²) < 4.78 is 0. The predicted octanol–water partition coefficient (Wildman–Crippen LogP) is -3.51. The number of nitrogens with one attached hydrogen (secondary N) is 3. The van der Waals surface area contributed by atoms with Crippen LogP contribution in [0.4, 0.5) is 0 Å². The molecule has 28 heavy (non-hydrogen) atoms. The lowest BCUT2D eigenvalue weighted by Crippen LogP contribution is -2.55. The van der Waals surface area contributed by atoms with E-state index in [-0.39, 0.29) is 0 Å². The first-order chi connectivity index (χ1) is 12.8. The molecule has 0 heterocycles. The third-order valence-electron chi connectivity index (χ3n) is 3.44. The minimum Gasteiger partial charge on any atom is -0.481 e. The van der Waals surface area contributed by atoms with Gasteiger partial charge in [-0.1, -0.05) is 13.8 Å². The van der Waals surface area contributed by atoms with E-state index >= 15 is 0 Å². The van der Waals surface area contributed by atoms with Gasteiger partial charge in [-0.25, -0.2) is 4.79 Å². The summed E-state index contributed by atoms with van der Waals surface area (Å²) in [4.78, 5) is 68.2. The Morgan fingerprint density at radius 2 is 1.50 bits per heavy atom. The SMILES string of the molecule is CC(C)C(NC(=O)C(N)CC(=O)O)C(=O)NCC(=O)NC(CC(N)=O)C(=O)O. The summed E-state index contributed by atoms with van der Waals surface area (Å²) in [6.45, 7) is 2.57. The Bertz CT molecular complexity index is 636. The minimum atomic E-state index is -1.54. The number of rotatable bonds is 12. The molecule has 0 radical (unpaired) electrons. The second-order valence-electron chi connectivity index (χ2n) is 6.28. The number of hydrogen-bond donors (Lipinski definition) is 7. The summed E-state index contributed by atoms with van der Waals surface area (Å²) in [6.07, 6.45) is -1.25. The molecule has 13 nitrogen and oxygen atoms in total. The van der Waals surface area contributed by atoms with Gasteiger partial charge < -0.3 is 37.6 Å². The van der Waals surface area contributed by atoms with Crippen molar-refractivity contribution in [1.82, 2.24) is 16.0 Å². The van der Waals surface area contributed by atoms with Crippen LogP contribution in [-0.2, 0) is 28.8 Å². The molecule has 0 aromatic carbocycles. The largest absolute Gasteiger partial charge is 0.481 e. The van der Waals surface area contributed by atoms with Crippen molar-refractivity contribution in [2.75, 3.05) is 6.54 Å². The van der Waals surface area contributed by atoms with Crippen molar-refractivity contribution in [1.29, 1.82) is 0 Å². The van der Waals surface area contributed by atoms with Gasteiger partial charge in [-0.2, -0.15) is 0 Å². The molecule has 0 fully saturated rings. The van der Waals surface area contributed by atoms with Crippen LogP contribution in [0.15, 0.2) is 0 Å². The van der Waals surface area contributed by atoms with Crippen LogP contribution in [0.5, 0.6) is 0 Å². The van der Waals surface area contributed by atoms with Crippen LogP contribution >= 0.6 is 0 Å². The Morgan fingerprint density at radius 3 is 1.93 bits per heavy atom. The van der Waals surface area contributed by atoms with E-state index in [9.17, 15) is 28.8 Å². The quantitative estimate of drug-likeness (QED) is 0.171. The molecular weight excluding hydrogens is 378 g/mol. The number of hydrogen-bond acceptors (Lipinski definition) is 7. The predicted molar refractivity (Wildman–Crippen MR) is 93.4 cm³/mol. The molecule has 9 N–H and O–H groups in total. The lowest BCUT2D eigenvalue weighted by atomic mass is 10.0. The van der Waals surface area contributed by atoms with Crippen LogP contribution in [0.3, 0.4) is 0 Å². The van der Waals surface area contributed by atoms with Gasteiger partial charge in [0.05, 0.1) is 25.4 Å². The molecule has 13 heteroatoms. The fraction of sp³-hybridized carbons (Fsp3) is 0.600. The highest BCUT2D eigenvalue weighted by Crippen LogP contribution is 2.03. The molecule has 0 spiro atoms. The van der Waals surface area contributed by atoms with Gasteiger partial charge in [0.25, 0.3) is 0 Å². The summed E-state index contributed by atoms with van der Waals surface area (Å²) >= 11 is 0. The Balaban J connectivity index is 4.78. The molecule has 3 atom stereocenters. The fourth-order valence-corrected chi connectivity index (χ4v) is 2.00. The topological polar surface area (TPSA) is 231 Å². The molecule has 0 aromatic heterocycles. The summed E-state index contributed by atoms with van der Waals surface area (Å²) in [5.74, 6) is -6.62. The third kappa shape index (κ3) is 9.47. The smallest absolute Gasteiger partial charge is 0.326 e. The van der Waals surface area contributed by atoms with E-state index in [0.29, 0.717) is 0 Å². The Kier molecular flexibility index (Phi) is 10.2. The maximum absolute atomic E-state index is 12.2. The van der Waals surface area contributed by atoms with Crippen LogP contribution in [0.1, 0.15) is 26.7 Å². The molecule has 0 aliphatic rings. The summed E-state index contributed by atoms with van der Waals surface area (Å²) in [5, 5.41) is 24.1. The van der Waals surface area contributed by atoms with Crippen LogP contribution < -0.4 is 27.4 Å². The van der Waals surface area contributed by atoms with Gasteiger partial charge in [0.1, 0.15) is 12.1 Å². The van der Waals surface area contributed by atoms with Crippen molar-refractivity contribution in [2.24, 2.45) is 17.4 Å². The van der Waals surface area contributed by atoms with E-state index in [4.69, 9.17) is 21.7 Å². The van der Waals surface area contributed by atoms with Crippen molar-refractivity contribution in [3.8, 4) is 0 Å². The average Bonchev–Trinajstić information content (AvgIpc) is 2.55. The molecular formula is C15H25N5O8. The standard InChI is InChI=1S/C15H25N5O8/c1-6(2)12(20-13(25)7(16)3-11(23)24)14(26)18-5-10(22)19-8(15(27)28)4-9(17)21/h6-8,12H,3-5,16H2,1-2H3,(H2,17,21)(H,18,26)(H,19,22)(H,20,25)(H,23,24)(H,27,28). The van der Waals surface area contributed by atoms with E-state index < -0.39 is 79.0 Å². The number of carbonyl (C=O) groups is 6. The molecule has 0 aliphatic heterocycles. The second kappa shape index (κ2) is 11.5. The number of aliphatic carboxylic acids is 2. The molecule has 0 saturated carbocycles. The van der Waals surface area contributed by atoms with Gasteiger partial charge in [0, 0.05) is 0 Å². The number of carboxylic acids is 2. The molecule has 158 valence electrons. The van der Waals surface area contributed by atoms with Crippen molar-refractivity contribution < 1.29 is 39.0 Å². The Hall–Kier alpha value is -3.22. The highest BCUT2D eigenvalue weighted by molar-refractivity contribution is 5.94. The highest BCUT2D eigenvalue weighted by Gasteiger charge is 2.28. The van der Waals surface area contributed by atoms with Gasteiger partial charge in [0.2, 0.25) is 23.6 Å².